The Labute approximate surface area is 111 Å². The highest BCUT2D eigenvalue weighted by Crippen LogP contribution is 2.20. The SMILES string of the molecule is N#Cc1ccccc1S(=O)(=O)N[C@]1(C#N)CCNC1. The van der Waals surface area contributed by atoms with Crippen LogP contribution in [0.25, 0.3) is 0 Å². The molecule has 6 nitrogen and oxygen atoms in total. The molecule has 0 saturated carbocycles. The minimum Gasteiger partial charge on any atom is -0.314 e. The lowest BCUT2D eigenvalue weighted by Gasteiger charge is -2.21. The van der Waals surface area contributed by atoms with Crippen molar-refractivity contribution in [3.05, 3.63) is 29.8 Å². The first kappa shape index (κ1) is 13.5. The monoisotopic (exact) mass is 276 g/mol. The summed E-state index contributed by atoms with van der Waals surface area (Å²) in [6.45, 7) is 0.841. The average Bonchev–Trinajstić information content (AvgIpc) is 2.87. The molecule has 0 amide bonds. The van der Waals surface area contributed by atoms with E-state index in [0.29, 0.717) is 13.0 Å². The molecule has 19 heavy (non-hydrogen) atoms. The van der Waals surface area contributed by atoms with E-state index in [9.17, 15) is 13.7 Å². The molecule has 1 heterocycles. The predicted molar refractivity (Wildman–Crippen MR) is 67.3 cm³/mol. The van der Waals surface area contributed by atoms with Crippen LogP contribution in [-0.2, 0) is 10.0 Å². The number of nitrogens with zero attached hydrogens (tertiary/aromatic N) is 2. The molecule has 0 aromatic heterocycles. The van der Waals surface area contributed by atoms with Crippen LogP contribution in [0.5, 0.6) is 0 Å². The summed E-state index contributed by atoms with van der Waals surface area (Å²) in [5.74, 6) is 0. The number of hydrogen-bond acceptors (Lipinski definition) is 5. The molecule has 2 N–H and O–H groups in total. The third kappa shape index (κ3) is 2.59. The van der Waals surface area contributed by atoms with Gasteiger partial charge in [-0.15, -0.1) is 0 Å². The van der Waals surface area contributed by atoms with Crippen LogP contribution in [0.2, 0.25) is 0 Å². The van der Waals surface area contributed by atoms with Crippen molar-refractivity contribution in [2.75, 3.05) is 13.1 Å². The first-order valence-corrected chi connectivity index (χ1v) is 7.16. The zero-order valence-corrected chi connectivity index (χ0v) is 10.9. The van der Waals surface area contributed by atoms with E-state index >= 15 is 0 Å². The average molecular weight is 276 g/mol. The van der Waals surface area contributed by atoms with Crippen molar-refractivity contribution in [2.24, 2.45) is 0 Å². The lowest BCUT2D eigenvalue weighted by molar-refractivity contribution is 0.506. The molecule has 0 radical (unpaired) electrons. The van der Waals surface area contributed by atoms with Gasteiger partial charge < -0.3 is 5.32 Å². The van der Waals surface area contributed by atoms with Crippen molar-refractivity contribution < 1.29 is 8.42 Å². The van der Waals surface area contributed by atoms with Crippen molar-refractivity contribution in [3.63, 3.8) is 0 Å². The molecule has 1 aromatic carbocycles. The number of sulfonamides is 1. The molecular formula is C12H12N4O2S. The Morgan fingerprint density at radius 1 is 1.32 bits per heavy atom. The number of rotatable bonds is 3. The highest BCUT2D eigenvalue weighted by atomic mass is 32.2. The van der Waals surface area contributed by atoms with E-state index in [1.165, 1.54) is 12.1 Å². The molecule has 1 aliphatic heterocycles. The lowest BCUT2D eigenvalue weighted by atomic mass is 10.0. The minimum absolute atomic E-state index is 0.0639. The number of benzene rings is 1. The molecule has 98 valence electrons. The van der Waals surface area contributed by atoms with E-state index in [4.69, 9.17) is 5.26 Å². The van der Waals surface area contributed by atoms with Crippen molar-refractivity contribution in [1.29, 1.82) is 10.5 Å². The van der Waals surface area contributed by atoms with Gasteiger partial charge in [0, 0.05) is 6.54 Å². The summed E-state index contributed by atoms with van der Waals surface area (Å²) in [6.07, 6.45) is 0.400. The van der Waals surface area contributed by atoms with Gasteiger partial charge in [0.05, 0.1) is 16.5 Å². The van der Waals surface area contributed by atoms with Gasteiger partial charge in [0.1, 0.15) is 11.6 Å². The van der Waals surface area contributed by atoms with Crippen molar-refractivity contribution in [1.82, 2.24) is 10.0 Å². The van der Waals surface area contributed by atoms with E-state index in [0.717, 1.165) is 0 Å². The van der Waals surface area contributed by atoms with Crippen LogP contribution in [0.3, 0.4) is 0 Å². The van der Waals surface area contributed by atoms with Crippen LogP contribution in [0.4, 0.5) is 0 Å². The summed E-state index contributed by atoms with van der Waals surface area (Å²) in [6, 6.07) is 9.77. The molecule has 0 bridgehead atoms. The van der Waals surface area contributed by atoms with Crippen molar-refractivity contribution >= 4 is 10.0 Å². The van der Waals surface area contributed by atoms with Gasteiger partial charge in [-0.1, -0.05) is 12.1 Å². The Kier molecular flexibility index (Phi) is 3.54. The van der Waals surface area contributed by atoms with Crippen LogP contribution in [0, 0.1) is 22.7 Å². The third-order valence-electron chi connectivity index (χ3n) is 3.00. The summed E-state index contributed by atoms with van der Waals surface area (Å²) in [4.78, 5) is -0.0981. The van der Waals surface area contributed by atoms with Gasteiger partial charge in [-0.25, -0.2) is 8.42 Å². The van der Waals surface area contributed by atoms with Crippen LogP contribution < -0.4 is 10.0 Å². The number of nitrogens with one attached hydrogen (secondary N) is 2. The Balaban J connectivity index is 2.39. The third-order valence-corrected chi connectivity index (χ3v) is 4.59. The van der Waals surface area contributed by atoms with Crippen LogP contribution in [-0.4, -0.2) is 27.0 Å². The standard InChI is InChI=1S/C12H12N4O2S/c13-7-10-3-1-2-4-11(10)19(17,18)16-12(8-14)5-6-15-9-12/h1-4,15-16H,5-6,9H2/t12-/m0/s1. The topological polar surface area (TPSA) is 106 Å². The van der Waals surface area contributed by atoms with Crippen LogP contribution in [0.1, 0.15) is 12.0 Å². The number of hydrogen-bond donors (Lipinski definition) is 2. The lowest BCUT2D eigenvalue weighted by Crippen LogP contribution is -2.48. The van der Waals surface area contributed by atoms with E-state index in [1.54, 1.807) is 12.1 Å². The van der Waals surface area contributed by atoms with Crippen LogP contribution >= 0.6 is 0 Å². The van der Waals surface area contributed by atoms with Gasteiger partial charge in [-0.2, -0.15) is 15.2 Å². The fourth-order valence-corrected chi connectivity index (χ4v) is 3.51. The predicted octanol–water partition coefficient (Wildman–Crippen LogP) is 0.0923. The van der Waals surface area contributed by atoms with E-state index in [1.807, 2.05) is 12.1 Å². The summed E-state index contributed by atoms with van der Waals surface area (Å²) >= 11 is 0. The highest BCUT2D eigenvalue weighted by molar-refractivity contribution is 7.89. The normalized spacial score (nSPS) is 22.6. The summed E-state index contributed by atoms with van der Waals surface area (Å²) < 4.78 is 27.0. The largest absolute Gasteiger partial charge is 0.314 e. The fourth-order valence-electron chi connectivity index (χ4n) is 2.00. The molecule has 0 spiro atoms. The van der Waals surface area contributed by atoms with E-state index in [2.05, 4.69) is 10.0 Å². The maximum Gasteiger partial charge on any atom is 0.243 e. The Hall–Kier alpha value is -1.93. The molecule has 1 saturated heterocycles. The first-order chi connectivity index (χ1) is 9.03. The zero-order valence-electron chi connectivity index (χ0n) is 10.0. The molecular weight excluding hydrogens is 264 g/mol. The molecule has 0 aliphatic carbocycles. The van der Waals surface area contributed by atoms with Gasteiger partial charge in [0.25, 0.3) is 0 Å². The molecule has 7 heteroatoms. The van der Waals surface area contributed by atoms with Gasteiger partial charge in [0.2, 0.25) is 10.0 Å². The molecule has 1 atom stereocenters. The molecule has 1 fully saturated rings. The molecule has 1 aliphatic rings. The molecule has 0 unspecified atom stereocenters. The maximum absolute atomic E-state index is 12.3. The second kappa shape index (κ2) is 4.98. The maximum atomic E-state index is 12.3. The summed E-state index contributed by atoms with van der Waals surface area (Å²) in [5.41, 5.74) is -1.07. The summed E-state index contributed by atoms with van der Waals surface area (Å²) in [5, 5.41) is 21.1. The van der Waals surface area contributed by atoms with Gasteiger partial charge in [0.15, 0.2) is 0 Å². The Morgan fingerprint density at radius 2 is 2.05 bits per heavy atom. The quantitative estimate of drug-likeness (QED) is 0.814. The van der Waals surface area contributed by atoms with E-state index < -0.39 is 15.6 Å². The Bertz CT molecular complexity index is 664. The number of nitriles is 2. The zero-order chi connectivity index (χ0) is 13.9. The van der Waals surface area contributed by atoms with Gasteiger partial charge in [-0.05, 0) is 25.1 Å². The smallest absolute Gasteiger partial charge is 0.243 e. The fraction of sp³-hybridized carbons (Fsp3) is 0.333. The Morgan fingerprint density at radius 3 is 2.63 bits per heavy atom. The van der Waals surface area contributed by atoms with Gasteiger partial charge in [-0.3, -0.25) is 0 Å². The highest BCUT2D eigenvalue weighted by Gasteiger charge is 2.38. The second-order valence-electron chi connectivity index (χ2n) is 4.33. The van der Waals surface area contributed by atoms with Gasteiger partial charge >= 0.3 is 0 Å². The minimum atomic E-state index is -3.89. The van der Waals surface area contributed by atoms with Crippen molar-refractivity contribution in [2.45, 2.75) is 16.9 Å². The van der Waals surface area contributed by atoms with Crippen molar-refractivity contribution in [3.8, 4) is 12.1 Å². The molecule has 1 aromatic rings. The summed E-state index contributed by atoms with van der Waals surface area (Å²) in [7, 11) is -3.89. The second-order valence-corrected chi connectivity index (χ2v) is 5.98. The molecule has 2 rings (SSSR count). The first-order valence-electron chi connectivity index (χ1n) is 5.68. The van der Waals surface area contributed by atoms with Crippen LogP contribution in [0.15, 0.2) is 29.2 Å². The van der Waals surface area contributed by atoms with E-state index in [-0.39, 0.29) is 17.0 Å².